The van der Waals surface area contributed by atoms with E-state index in [1.54, 1.807) is 42.6 Å². The zero-order valence-corrected chi connectivity index (χ0v) is 15.3. The van der Waals surface area contributed by atoms with Crippen LogP contribution in [-0.4, -0.2) is 42.8 Å². The van der Waals surface area contributed by atoms with Gasteiger partial charge in [-0.15, -0.1) is 0 Å². The maximum absolute atomic E-state index is 12.7. The lowest BCUT2D eigenvalue weighted by Gasteiger charge is -2.31. The predicted molar refractivity (Wildman–Crippen MR) is 97.1 cm³/mol. The van der Waals surface area contributed by atoms with Gasteiger partial charge in [-0.1, -0.05) is 18.2 Å². The first kappa shape index (κ1) is 17.2. The Morgan fingerprint density at radius 2 is 1.92 bits per heavy atom. The molecular formula is C19H21N3O3S. The Hall–Kier alpha value is -2.25. The summed E-state index contributed by atoms with van der Waals surface area (Å²) >= 11 is 0. The summed E-state index contributed by atoms with van der Waals surface area (Å²) < 4.78 is 27.9. The van der Waals surface area contributed by atoms with Gasteiger partial charge < -0.3 is 4.90 Å². The molecule has 0 radical (unpaired) electrons. The summed E-state index contributed by atoms with van der Waals surface area (Å²) in [5.74, 6) is 0.134. The van der Waals surface area contributed by atoms with Gasteiger partial charge in [0.05, 0.1) is 10.5 Å². The molecule has 3 atom stereocenters. The van der Waals surface area contributed by atoms with Crippen molar-refractivity contribution < 1.29 is 13.2 Å². The highest BCUT2D eigenvalue weighted by atomic mass is 32.2. The SMILES string of the molecule is Cc1ccc(C(=O)N2C[C@@H]3C[C@H]2C[C@@H]3NS(=O)(=O)c2ccccc2)cn1. The van der Waals surface area contributed by atoms with Crippen molar-refractivity contribution in [2.45, 2.75) is 36.7 Å². The van der Waals surface area contributed by atoms with Crippen LogP contribution in [0.25, 0.3) is 0 Å². The number of hydrogen-bond donors (Lipinski definition) is 1. The third-order valence-corrected chi connectivity index (χ3v) is 6.83. The van der Waals surface area contributed by atoms with Crippen LogP contribution in [0.3, 0.4) is 0 Å². The molecule has 2 bridgehead atoms. The molecule has 7 heteroatoms. The summed E-state index contributed by atoms with van der Waals surface area (Å²) in [7, 11) is -3.52. The molecule has 0 unspecified atom stereocenters. The molecule has 0 spiro atoms. The Morgan fingerprint density at radius 1 is 1.15 bits per heavy atom. The van der Waals surface area contributed by atoms with Crippen molar-refractivity contribution in [1.29, 1.82) is 0 Å². The van der Waals surface area contributed by atoms with Gasteiger partial charge in [0.1, 0.15) is 0 Å². The standard InChI is InChI=1S/C19H21N3O3S/c1-13-7-8-14(11-20-13)19(23)22-12-15-9-16(22)10-18(15)21-26(24,25)17-5-3-2-4-6-17/h2-8,11,15-16,18,21H,9-10,12H2,1H3/t15-,16-,18-/m0/s1. The molecule has 4 rings (SSSR count). The Balaban J connectivity index is 1.44. The molecule has 2 heterocycles. The minimum atomic E-state index is -3.52. The molecule has 136 valence electrons. The molecule has 2 aromatic rings. The van der Waals surface area contributed by atoms with E-state index in [4.69, 9.17) is 0 Å². The van der Waals surface area contributed by atoms with Crippen LogP contribution >= 0.6 is 0 Å². The van der Waals surface area contributed by atoms with Gasteiger partial charge in [-0.25, -0.2) is 13.1 Å². The molecule has 1 aromatic carbocycles. The van der Waals surface area contributed by atoms with Crippen LogP contribution in [0.5, 0.6) is 0 Å². The average Bonchev–Trinajstić information content (AvgIpc) is 3.22. The van der Waals surface area contributed by atoms with Crippen molar-refractivity contribution in [3.63, 3.8) is 0 Å². The molecule has 2 aliphatic rings. The smallest absolute Gasteiger partial charge is 0.255 e. The van der Waals surface area contributed by atoms with Crippen molar-refractivity contribution in [1.82, 2.24) is 14.6 Å². The number of piperidine rings is 1. The lowest BCUT2D eigenvalue weighted by Crippen LogP contribution is -2.47. The third kappa shape index (κ3) is 3.12. The van der Waals surface area contributed by atoms with Crippen molar-refractivity contribution in [3.05, 3.63) is 59.9 Å². The molecule has 1 aliphatic heterocycles. The van der Waals surface area contributed by atoms with E-state index < -0.39 is 10.0 Å². The van der Waals surface area contributed by atoms with Crippen molar-refractivity contribution >= 4 is 15.9 Å². The van der Waals surface area contributed by atoms with Crippen LogP contribution in [0.4, 0.5) is 0 Å². The molecule has 1 amide bonds. The molecule has 26 heavy (non-hydrogen) atoms. The first-order valence-corrected chi connectivity index (χ1v) is 10.2. The fraction of sp³-hybridized carbons (Fsp3) is 0.368. The summed E-state index contributed by atoms with van der Waals surface area (Å²) in [6.07, 6.45) is 3.11. The highest BCUT2D eigenvalue weighted by Crippen LogP contribution is 2.39. The number of aryl methyl sites for hydroxylation is 1. The number of nitrogens with one attached hydrogen (secondary N) is 1. The van der Waals surface area contributed by atoms with Crippen molar-refractivity contribution in [2.24, 2.45) is 5.92 Å². The van der Waals surface area contributed by atoms with Gasteiger partial charge in [0.15, 0.2) is 0 Å². The first-order valence-electron chi connectivity index (χ1n) is 8.75. The van der Waals surface area contributed by atoms with E-state index in [2.05, 4.69) is 9.71 Å². The second-order valence-electron chi connectivity index (χ2n) is 7.07. The number of hydrogen-bond acceptors (Lipinski definition) is 4. The number of likely N-dealkylation sites (tertiary alicyclic amines) is 1. The largest absolute Gasteiger partial charge is 0.335 e. The van der Waals surface area contributed by atoms with Gasteiger partial charge in [0, 0.05) is 30.5 Å². The molecule has 1 aromatic heterocycles. The maximum atomic E-state index is 12.7. The van der Waals surface area contributed by atoms with Crippen LogP contribution < -0.4 is 4.72 Å². The Kier molecular flexibility index (Phi) is 4.28. The van der Waals surface area contributed by atoms with Gasteiger partial charge in [-0.2, -0.15) is 0 Å². The molecule has 6 nitrogen and oxygen atoms in total. The number of benzene rings is 1. The third-order valence-electron chi connectivity index (χ3n) is 5.32. The molecule has 1 saturated carbocycles. The topological polar surface area (TPSA) is 79.4 Å². The summed E-state index contributed by atoms with van der Waals surface area (Å²) in [4.78, 5) is 19.0. The number of fused-ring (bicyclic) bond motifs is 2. The second-order valence-corrected chi connectivity index (χ2v) is 8.79. The second kappa shape index (κ2) is 6.48. The predicted octanol–water partition coefficient (Wildman–Crippen LogP) is 1.97. The fourth-order valence-electron chi connectivity index (χ4n) is 3.97. The van der Waals surface area contributed by atoms with Gasteiger partial charge in [-0.3, -0.25) is 9.78 Å². The Morgan fingerprint density at radius 3 is 2.54 bits per heavy atom. The van der Waals surface area contributed by atoms with Gasteiger partial charge in [0.2, 0.25) is 10.0 Å². The molecule has 1 saturated heterocycles. The molecule has 2 fully saturated rings. The maximum Gasteiger partial charge on any atom is 0.255 e. The van der Waals surface area contributed by atoms with Crippen LogP contribution in [0.15, 0.2) is 53.6 Å². The van der Waals surface area contributed by atoms with Gasteiger partial charge >= 0.3 is 0 Å². The number of carbonyl (C=O) groups is 1. The molecular weight excluding hydrogens is 350 g/mol. The zero-order chi connectivity index (χ0) is 18.3. The van der Waals surface area contributed by atoms with E-state index >= 15 is 0 Å². The lowest BCUT2D eigenvalue weighted by atomic mass is 10.0. The number of pyridine rings is 1. The lowest BCUT2D eigenvalue weighted by molar-refractivity contribution is 0.0691. The summed E-state index contributed by atoms with van der Waals surface area (Å²) in [5.41, 5.74) is 1.46. The van der Waals surface area contributed by atoms with E-state index in [-0.39, 0.29) is 28.8 Å². The number of sulfonamides is 1. The Labute approximate surface area is 153 Å². The monoisotopic (exact) mass is 371 g/mol. The van der Waals surface area contributed by atoms with Crippen molar-refractivity contribution in [2.75, 3.05) is 6.54 Å². The molecule has 1 aliphatic carbocycles. The normalized spacial score (nSPS) is 24.8. The van der Waals surface area contributed by atoms with Gasteiger partial charge in [-0.05, 0) is 49.9 Å². The van der Waals surface area contributed by atoms with Crippen LogP contribution in [0, 0.1) is 12.8 Å². The highest BCUT2D eigenvalue weighted by Gasteiger charge is 2.47. The number of carbonyl (C=O) groups excluding carboxylic acids is 1. The fourth-order valence-corrected chi connectivity index (χ4v) is 5.31. The van der Waals surface area contributed by atoms with E-state index in [0.717, 1.165) is 12.1 Å². The van der Waals surface area contributed by atoms with E-state index in [0.29, 0.717) is 18.5 Å². The summed E-state index contributed by atoms with van der Waals surface area (Å²) in [6, 6.07) is 12.0. The average molecular weight is 371 g/mol. The highest BCUT2D eigenvalue weighted by molar-refractivity contribution is 7.89. The van der Waals surface area contributed by atoms with Gasteiger partial charge in [0.25, 0.3) is 5.91 Å². The van der Waals surface area contributed by atoms with Crippen LogP contribution in [0.2, 0.25) is 0 Å². The number of amides is 1. The number of aromatic nitrogens is 1. The quantitative estimate of drug-likeness (QED) is 0.891. The van der Waals surface area contributed by atoms with E-state index in [1.807, 2.05) is 17.9 Å². The number of rotatable bonds is 4. The molecule has 1 N–H and O–H groups in total. The summed E-state index contributed by atoms with van der Waals surface area (Å²) in [5, 5.41) is 0. The minimum absolute atomic E-state index is 0.0191. The zero-order valence-electron chi connectivity index (χ0n) is 14.5. The number of nitrogens with zero attached hydrogens (tertiary/aromatic N) is 2. The Bertz CT molecular complexity index is 913. The summed E-state index contributed by atoms with van der Waals surface area (Å²) in [6.45, 7) is 2.47. The minimum Gasteiger partial charge on any atom is -0.335 e. The van der Waals surface area contributed by atoms with Crippen LogP contribution in [-0.2, 0) is 10.0 Å². The first-order chi connectivity index (χ1) is 12.4. The van der Waals surface area contributed by atoms with Crippen LogP contribution in [0.1, 0.15) is 28.9 Å². The van der Waals surface area contributed by atoms with E-state index in [1.165, 1.54) is 0 Å². The van der Waals surface area contributed by atoms with E-state index in [9.17, 15) is 13.2 Å². The van der Waals surface area contributed by atoms with Crippen molar-refractivity contribution in [3.8, 4) is 0 Å².